The minimum Gasteiger partial charge on any atom is -0.368 e. The van der Waals surface area contributed by atoms with E-state index < -0.39 is 0 Å². The van der Waals surface area contributed by atoms with Crippen LogP contribution >= 0.6 is 0 Å². The fourth-order valence-corrected chi connectivity index (χ4v) is 1.03. The van der Waals surface area contributed by atoms with Gasteiger partial charge in [-0.1, -0.05) is 0 Å². The largest absolute Gasteiger partial charge is 0.368 e. The second kappa shape index (κ2) is 2.81. The van der Waals surface area contributed by atoms with Gasteiger partial charge in [-0.25, -0.2) is 9.97 Å². The lowest BCUT2D eigenvalue weighted by atomic mass is 10.4. The second-order valence-corrected chi connectivity index (χ2v) is 2.51. The van der Waals surface area contributed by atoms with Crippen molar-refractivity contribution in [3.63, 3.8) is 0 Å². The summed E-state index contributed by atoms with van der Waals surface area (Å²) >= 11 is 0. The zero-order valence-electron chi connectivity index (χ0n) is 7.05. The summed E-state index contributed by atoms with van der Waals surface area (Å²) in [5.41, 5.74) is 6.24. The van der Waals surface area contributed by atoms with Crippen LogP contribution in [0.4, 0.5) is 5.95 Å². The summed E-state index contributed by atoms with van der Waals surface area (Å²) in [6.07, 6.45) is 3.06. The molecule has 6 heteroatoms. The number of nitrogens with zero attached hydrogens (tertiary/aromatic N) is 5. The van der Waals surface area contributed by atoms with Crippen LogP contribution in [0.5, 0.6) is 0 Å². The van der Waals surface area contributed by atoms with Gasteiger partial charge in [0.2, 0.25) is 5.95 Å². The van der Waals surface area contributed by atoms with Gasteiger partial charge in [0, 0.05) is 13.2 Å². The van der Waals surface area contributed by atoms with Crippen LogP contribution in [0.25, 0.3) is 11.5 Å². The van der Waals surface area contributed by atoms with Crippen molar-refractivity contribution in [1.29, 1.82) is 0 Å². The minimum absolute atomic E-state index is 0.214. The highest BCUT2D eigenvalue weighted by Gasteiger charge is 2.05. The molecule has 0 bridgehead atoms. The number of nitrogens with two attached hydrogens (primary N) is 1. The molecular formula is C7H8N6. The van der Waals surface area contributed by atoms with Gasteiger partial charge in [0.1, 0.15) is 12.0 Å². The van der Waals surface area contributed by atoms with Crippen LogP contribution in [0.2, 0.25) is 0 Å². The van der Waals surface area contributed by atoms with Gasteiger partial charge in [-0.3, -0.25) is 4.68 Å². The molecule has 0 aromatic carbocycles. The van der Waals surface area contributed by atoms with Gasteiger partial charge in [0.05, 0.1) is 0 Å². The Bertz CT molecular complexity index is 420. The SMILES string of the molecule is Cn1nccc1-c1ncnc(N)n1. The molecule has 0 aliphatic rings. The molecule has 2 rings (SSSR count). The van der Waals surface area contributed by atoms with Crippen molar-refractivity contribution < 1.29 is 0 Å². The smallest absolute Gasteiger partial charge is 0.223 e. The normalized spacial score (nSPS) is 10.2. The van der Waals surface area contributed by atoms with Crippen molar-refractivity contribution in [2.45, 2.75) is 0 Å². The van der Waals surface area contributed by atoms with E-state index in [0.29, 0.717) is 5.82 Å². The molecule has 0 atom stereocenters. The van der Waals surface area contributed by atoms with E-state index in [1.165, 1.54) is 6.33 Å². The zero-order valence-corrected chi connectivity index (χ0v) is 7.05. The van der Waals surface area contributed by atoms with Crippen LogP contribution in [0.15, 0.2) is 18.6 Å². The average Bonchev–Trinajstić information content (AvgIpc) is 2.51. The van der Waals surface area contributed by atoms with Gasteiger partial charge in [-0.05, 0) is 6.07 Å². The summed E-state index contributed by atoms with van der Waals surface area (Å²) < 4.78 is 1.68. The third-order valence-corrected chi connectivity index (χ3v) is 1.64. The summed E-state index contributed by atoms with van der Waals surface area (Å²) in [4.78, 5) is 11.7. The number of hydrogen-bond acceptors (Lipinski definition) is 5. The lowest BCUT2D eigenvalue weighted by molar-refractivity contribution is 0.769. The summed E-state index contributed by atoms with van der Waals surface area (Å²) in [7, 11) is 1.81. The van der Waals surface area contributed by atoms with Crippen molar-refractivity contribution in [1.82, 2.24) is 24.7 Å². The predicted octanol–water partition coefficient (Wildman–Crippen LogP) is -0.146. The number of aryl methyl sites for hydroxylation is 1. The molecule has 0 amide bonds. The fraction of sp³-hybridized carbons (Fsp3) is 0.143. The maximum absolute atomic E-state index is 5.42. The Morgan fingerprint density at radius 3 is 2.85 bits per heavy atom. The first-order chi connectivity index (χ1) is 6.27. The Balaban J connectivity index is 2.53. The van der Waals surface area contributed by atoms with Crippen molar-refractivity contribution in [2.24, 2.45) is 7.05 Å². The Kier molecular flexibility index (Phi) is 1.66. The standard InChI is InChI=1S/C7H8N6/c1-13-5(2-3-11-13)6-9-4-10-7(8)12-6/h2-4H,1H3,(H2,8,9,10,12). The van der Waals surface area contributed by atoms with Crippen LogP contribution in [0.1, 0.15) is 0 Å². The predicted molar refractivity (Wildman–Crippen MR) is 46.4 cm³/mol. The minimum atomic E-state index is 0.214. The molecule has 2 heterocycles. The highest BCUT2D eigenvalue weighted by molar-refractivity contribution is 5.49. The molecule has 2 aromatic rings. The summed E-state index contributed by atoms with van der Waals surface area (Å²) in [5, 5.41) is 4.00. The van der Waals surface area contributed by atoms with Gasteiger partial charge in [0.25, 0.3) is 0 Å². The molecule has 0 spiro atoms. The number of nitrogen functional groups attached to an aromatic ring is 1. The maximum Gasteiger partial charge on any atom is 0.223 e. The molecule has 0 saturated heterocycles. The third kappa shape index (κ3) is 1.33. The van der Waals surface area contributed by atoms with Crippen molar-refractivity contribution in [3.8, 4) is 11.5 Å². The topological polar surface area (TPSA) is 82.5 Å². The second-order valence-electron chi connectivity index (χ2n) is 2.51. The third-order valence-electron chi connectivity index (χ3n) is 1.64. The maximum atomic E-state index is 5.42. The van der Waals surface area contributed by atoms with E-state index in [9.17, 15) is 0 Å². The quantitative estimate of drug-likeness (QED) is 0.653. The van der Waals surface area contributed by atoms with Crippen molar-refractivity contribution in [2.75, 3.05) is 5.73 Å². The van der Waals surface area contributed by atoms with E-state index in [1.54, 1.807) is 10.9 Å². The van der Waals surface area contributed by atoms with Crippen LogP contribution < -0.4 is 5.73 Å². The van der Waals surface area contributed by atoms with Gasteiger partial charge >= 0.3 is 0 Å². The molecule has 66 valence electrons. The highest BCUT2D eigenvalue weighted by Crippen LogP contribution is 2.11. The van der Waals surface area contributed by atoms with Crippen LogP contribution in [0.3, 0.4) is 0 Å². The molecule has 0 unspecified atom stereocenters. The van der Waals surface area contributed by atoms with E-state index in [0.717, 1.165) is 5.69 Å². The Hall–Kier alpha value is -1.98. The first-order valence-corrected chi connectivity index (χ1v) is 3.70. The number of hydrogen-bond donors (Lipinski definition) is 1. The van der Waals surface area contributed by atoms with Gasteiger partial charge in [-0.15, -0.1) is 0 Å². The van der Waals surface area contributed by atoms with Crippen LogP contribution in [-0.2, 0) is 7.05 Å². The molecule has 0 aliphatic heterocycles. The summed E-state index contributed by atoms with van der Waals surface area (Å²) in [6.45, 7) is 0. The average molecular weight is 176 g/mol. The molecule has 6 nitrogen and oxygen atoms in total. The highest BCUT2D eigenvalue weighted by atomic mass is 15.3. The lowest BCUT2D eigenvalue weighted by Crippen LogP contribution is -2.01. The number of rotatable bonds is 1. The van der Waals surface area contributed by atoms with E-state index in [2.05, 4.69) is 20.1 Å². The van der Waals surface area contributed by atoms with E-state index >= 15 is 0 Å². The van der Waals surface area contributed by atoms with E-state index in [1.807, 2.05) is 13.1 Å². The molecule has 0 aliphatic carbocycles. The molecule has 2 aromatic heterocycles. The molecule has 0 saturated carbocycles. The first kappa shape index (κ1) is 7.66. The Morgan fingerprint density at radius 2 is 2.23 bits per heavy atom. The monoisotopic (exact) mass is 176 g/mol. The van der Waals surface area contributed by atoms with Gasteiger partial charge in [0.15, 0.2) is 5.82 Å². The first-order valence-electron chi connectivity index (χ1n) is 3.70. The van der Waals surface area contributed by atoms with Crippen LogP contribution in [0, 0.1) is 0 Å². The molecule has 0 fully saturated rings. The van der Waals surface area contributed by atoms with Crippen molar-refractivity contribution >= 4 is 5.95 Å². The lowest BCUT2D eigenvalue weighted by Gasteiger charge is -1.99. The Morgan fingerprint density at radius 1 is 1.38 bits per heavy atom. The van der Waals surface area contributed by atoms with E-state index in [-0.39, 0.29) is 5.95 Å². The molecule has 2 N–H and O–H groups in total. The summed E-state index contributed by atoms with van der Waals surface area (Å²) in [6, 6.07) is 1.81. The van der Waals surface area contributed by atoms with E-state index in [4.69, 9.17) is 5.73 Å². The summed E-state index contributed by atoms with van der Waals surface area (Å²) in [5.74, 6) is 0.749. The Labute approximate surface area is 74.5 Å². The number of aromatic nitrogens is 5. The number of anilines is 1. The molecular weight excluding hydrogens is 168 g/mol. The van der Waals surface area contributed by atoms with Crippen LogP contribution in [-0.4, -0.2) is 24.7 Å². The zero-order chi connectivity index (χ0) is 9.26. The fourth-order valence-electron chi connectivity index (χ4n) is 1.03. The molecule has 0 radical (unpaired) electrons. The molecule has 13 heavy (non-hydrogen) atoms. The van der Waals surface area contributed by atoms with Crippen molar-refractivity contribution in [3.05, 3.63) is 18.6 Å². The van der Waals surface area contributed by atoms with Gasteiger partial charge < -0.3 is 5.73 Å². The van der Waals surface area contributed by atoms with Gasteiger partial charge in [-0.2, -0.15) is 10.1 Å².